The van der Waals surface area contributed by atoms with Crippen LogP contribution in [0.2, 0.25) is 0 Å². The van der Waals surface area contributed by atoms with Crippen LogP contribution >= 0.6 is 8.53 Å². The first-order valence-electron chi connectivity index (χ1n) is 20.2. The third kappa shape index (κ3) is 11.5. The molecule has 1 aromatic heterocycles. The van der Waals surface area contributed by atoms with E-state index in [1.165, 1.54) is 10.8 Å². The van der Waals surface area contributed by atoms with Gasteiger partial charge in [-0.1, -0.05) is 54.6 Å². The molecule has 1 unspecified atom stereocenters. The summed E-state index contributed by atoms with van der Waals surface area (Å²) in [7, 11) is 2.49. The number of methoxy groups -OCH3 is 2. The van der Waals surface area contributed by atoms with E-state index in [1.807, 2.05) is 107 Å². The van der Waals surface area contributed by atoms with Gasteiger partial charge in [-0.3, -0.25) is 19.1 Å². The van der Waals surface area contributed by atoms with Crippen molar-refractivity contribution in [3.8, 4) is 11.5 Å². The van der Waals surface area contributed by atoms with Gasteiger partial charge in [0.05, 0.1) is 33.5 Å². The van der Waals surface area contributed by atoms with Crippen molar-refractivity contribution in [3.63, 3.8) is 0 Å². The number of H-pyrrole nitrogens is 1. The van der Waals surface area contributed by atoms with Gasteiger partial charge in [0.15, 0.2) is 0 Å². The lowest BCUT2D eigenvalue weighted by Gasteiger charge is -2.39. The minimum Gasteiger partial charge on any atom is -0.497 e. The second kappa shape index (κ2) is 21.0. The van der Waals surface area contributed by atoms with E-state index < -0.39 is 55.9 Å². The first-order chi connectivity index (χ1) is 29.0. The first kappa shape index (κ1) is 47.5. The zero-order valence-corrected chi connectivity index (χ0v) is 36.7. The first-order valence-corrected chi connectivity index (χ1v) is 21.3. The van der Waals surface area contributed by atoms with E-state index in [1.54, 1.807) is 21.1 Å². The molecule has 61 heavy (non-hydrogen) atoms. The summed E-state index contributed by atoms with van der Waals surface area (Å²) in [5, 5.41) is 0. The fraction of sp³-hybridized carbons (Fsp3) is 0.477. The number of halogens is 3. The van der Waals surface area contributed by atoms with E-state index in [-0.39, 0.29) is 44.7 Å². The Balaban J connectivity index is 1.52. The molecule has 1 aliphatic rings. The molecule has 0 spiro atoms. The minimum atomic E-state index is -4.95. The molecule has 13 nitrogen and oxygen atoms in total. The fourth-order valence-electron chi connectivity index (χ4n) is 7.37. The maximum absolute atomic E-state index is 13.2. The Morgan fingerprint density at radius 2 is 1.44 bits per heavy atom. The van der Waals surface area contributed by atoms with Gasteiger partial charge in [0, 0.05) is 43.9 Å². The number of amides is 1. The Kier molecular flexibility index (Phi) is 16.3. The second-order valence-corrected chi connectivity index (χ2v) is 16.8. The van der Waals surface area contributed by atoms with E-state index in [0.29, 0.717) is 28.4 Å². The number of aryl methyl sites for hydroxylation is 1. The van der Waals surface area contributed by atoms with Crippen LogP contribution in [-0.4, -0.2) is 96.5 Å². The number of unbranched alkanes of at least 4 members (excludes halogenated alkanes) is 1. The number of carbonyl (C=O) groups excluding carboxylic acids is 1. The van der Waals surface area contributed by atoms with Crippen molar-refractivity contribution in [2.45, 2.75) is 96.2 Å². The predicted molar refractivity (Wildman–Crippen MR) is 226 cm³/mol. The van der Waals surface area contributed by atoms with Crippen LogP contribution in [0.5, 0.6) is 11.5 Å². The molecule has 0 radical (unpaired) electrons. The fourth-order valence-corrected chi connectivity index (χ4v) is 9.16. The molecule has 1 N–H and O–H groups in total. The van der Waals surface area contributed by atoms with E-state index in [2.05, 4.69) is 9.65 Å². The van der Waals surface area contributed by atoms with E-state index in [4.69, 9.17) is 28.0 Å². The van der Waals surface area contributed by atoms with Gasteiger partial charge >= 0.3 is 17.8 Å². The van der Waals surface area contributed by atoms with Gasteiger partial charge < -0.3 is 32.9 Å². The average molecular weight is 873 g/mol. The lowest BCUT2D eigenvalue weighted by Crippen LogP contribution is -2.40. The van der Waals surface area contributed by atoms with E-state index in [0.717, 1.165) is 23.7 Å². The largest absolute Gasteiger partial charge is 0.497 e. The molecular formula is C44H56F3N4O9P. The molecule has 5 rings (SSSR count). The van der Waals surface area contributed by atoms with Crippen LogP contribution in [0.4, 0.5) is 13.2 Å². The van der Waals surface area contributed by atoms with Crippen molar-refractivity contribution in [1.82, 2.24) is 19.1 Å². The van der Waals surface area contributed by atoms with Crippen molar-refractivity contribution in [3.05, 3.63) is 128 Å². The highest BCUT2D eigenvalue weighted by Gasteiger charge is 2.45. The number of hydrogen-bond donors (Lipinski definition) is 1. The number of hydrogen-bond acceptors (Lipinski definition) is 10. The molecule has 17 heteroatoms. The number of aromatic amines is 1. The topological polar surface area (TPSA) is 134 Å². The standard InChI is InChI=1S/C44H56F3N4O9P/c1-29(2)51(30(3)4)61(58-25-13-12-24-49(6)41(53)44(45,46)47)60-37-26-39(50-27-31(5)40(52)48-42(50)54)59-38(37)28-57-43(32-14-10-9-11-15-32,33-16-20-35(55-7)21-17-33)34-18-22-36(56-8)23-19-34/h9-11,14-23,27,29-30,37-39H,12-13,24-26,28H2,1-8H3,(H,48,52,54)/t37-,38+,39+,61?/m0/s1. The van der Waals surface area contributed by atoms with Crippen molar-refractivity contribution in [1.29, 1.82) is 0 Å². The summed E-state index contributed by atoms with van der Waals surface area (Å²) in [6.07, 6.45) is -5.06. The second-order valence-electron chi connectivity index (χ2n) is 15.4. The Labute approximate surface area is 355 Å². The van der Waals surface area contributed by atoms with Crippen LogP contribution in [0, 0.1) is 6.92 Å². The van der Waals surface area contributed by atoms with Crippen LogP contribution in [0.1, 0.15) is 75.4 Å². The van der Waals surface area contributed by atoms with Crippen molar-refractivity contribution in [2.24, 2.45) is 0 Å². The number of rotatable bonds is 20. The molecule has 0 bridgehead atoms. The smallest absolute Gasteiger partial charge is 0.471 e. The zero-order chi connectivity index (χ0) is 44.5. The number of alkyl halides is 3. The van der Waals surface area contributed by atoms with Gasteiger partial charge in [-0.15, -0.1) is 0 Å². The van der Waals surface area contributed by atoms with Gasteiger partial charge in [0.25, 0.3) is 14.1 Å². The summed E-state index contributed by atoms with van der Waals surface area (Å²) in [5.74, 6) is -0.582. The maximum atomic E-state index is 13.2. The summed E-state index contributed by atoms with van der Waals surface area (Å²) < 4.78 is 80.7. The lowest BCUT2D eigenvalue weighted by molar-refractivity contribution is -0.184. The van der Waals surface area contributed by atoms with E-state index >= 15 is 0 Å². The molecule has 332 valence electrons. The van der Waals surface area contributed by atoms with Crippen LogP contribution in [0.25, 0.3) is 0 Å². The SMILES string of the molecule is COc1ccc(C(OC[C@H]2O[C@@H](n3cc(C)c(=O)[nH]c3=O)C[C@@H]2OP(OCCCCN(C)C(=O)C(F)(F)F)N(C(C)C)C(C)C)(c2ccccc2)c2ccc(OC)cc2)cc1. The van der Waals surface area contributed by atoms with E-state index in [9.17, 15) is 27.6 Å². The summed E-state index contributed by atoms with van der Waals surface area (Å²) in [6.45, 7) is 9.63. The molecule has 4 atom stereocenters. The molecule has 0 aliphatic carbocycles. The summed E-state index contributed by atoms with van der Waals surface area (Å²) in [4.78, 5) is 40.3. The molecular weight excluding hydrogens is 816 g/mol. The minimum absolute atomic E-state index is 0.0443. The average Bonchev–Trinajstić information content (AvgIpc) is 3.63. The van der Waals surface area contributed by atoms with Gasteiger partial charge in [-0.2, -0.15) is 13.2 Å². The highest BCUT2D eigenvalue weighted by molar-refractivity contribution is 7.44. The number of ether oxygens (including phenoxy) is 4. The van der Waals surface area contributed by atoms with Gasteiger partial charge in [-0.25, -0.2) is 9.46 Å². The van der Waals surface area contributed by atoms with Crippen LogP contribution in [0.15, 0.2) is 94.6 Å². The van der Waals surface area contributed by atoms with Gasteiger partial charge in [0.2, 0.25) is 0 Å². The molecule has 1 saturated heterocycles. The molecule has 1 aliphatic heterocycles. The summed E-state index contributed by atoms with van der Waals surface area (Å²) in [5.41, 5.74) is 0.376. The number of nitrogens with zero attached hydrogens (tertiary/aromatic N) is 3. The number of benzene rings is 3. The Hall–Kier alpha value is -4.57. The van der Waals surface area contributed by atoms with Crippen LogP contribution in [0.3, 0.4) is 0 Å². The maximum Gasteiger partial charge on any atom is 0.471 e. The molecule has 3 aromatic carbocycles. The Morgan fingerprint density at radius 1 is 0.885 bits per heavy atom. The van der Waals surface area contributed by atoms with Crippen molar-refractivity contribution >= 4 is 14.4 Å². The third-order valence-corrected chi connectivity index (χ3v) is 12.6. The lowest BCUT2D eigenvalue weighted by atomic mass is 9.80. The molecule has 0 saturated carbocycles. The Bertz CT molecular complexity index is 2080. The third-order valence-electron chi connectivity index (χ3n) is 10.4. The molecule has 1 fully saturated rings. The van der Waals surface area contributed by atoms with Crippen molar-refractivity contribution in [2.75, 3.05) is 41.0 Å². The van der Waals surface area contributed by atoms with Crippen LogP contribution in [-0.2, 0) is 28.9 Å². The quantitative estimate of drug-likeness (QED) is 0.0535. The zero-order valence-electron chi connectivity index (χ0n) is 35.8. The molecule has 4 aromatic rings. The number of carbonyl (C=O) groups is 1. The van der Waals surface area contributed by atoms with Crippen LogP contribution < -0.4 is 20.7 Å². The summed E-state index contributed by atoms with van der Waals surface area (Å²) in [6, 6.07) is 24.9. The van der Waals surface area contributed by atoms with Crippen molar-refractivity contribution < 1.29 is 46.0 Å². The highest BCUT2D eigenvalue weighted by atomic mass is 31.2. The Morgan fingerprint density at radius 3 is 1.97 bits per heavy atom. The number of aromatic nitrogens is 2. The van der Waals surface area contributed by atoms with Gasteiger partial charge in [-0.05, 0) is 88.4 Å². The number of nitrogens with one attached hydrogen (secondary N) is 1. The van der Waals surface area contributed by atoms with Gasteiger partial charge in [0.1, 0.15) is 29.4 Å². The molecule has 1 amide bonds. The molecule has 2 heterocycles. The normalized spacial score (nSPS) is 17.6. The monoisotopic (exact) mass is 872 g/mol. The predicted octanol–water partition coefficient (Wildman–Crippen LogP) is 7.71. The summed E-state index contributed by atoms with van der Waals surface area (Å²) >= 11 is 0. The highest BCUT2D eigenvalue weighted by Crippen LogP contribution is 2.51.